The Balaban J connectivity index is 1.90. The molecule has 106 valence electrons. The fraction of sp³-hybridized carbons (Fsp3) is 0.467. The van der Waals surface area contributed by atoms with Gasteiger partial charge in [-0.3, -0.25) is 0 Å². The maximum atomic E-state index is 6.04. The lowest BCUT2D eigenvalue weighted by Crippen LogP contribution is -2.11. The van der Waals surface area contributed by atoms with Crippen molar-refractivity contribution in [3.05, 3.63) is 24.0 Å². The quantitative estimate of drug-likeness (QED) is 0.872. The van der Waals surface area contributed by atoms with Crippen molar-refractivity contribution in [2.75, 3.05) is 5.73 Å². The molecule has 0 saturated carbocycles. The Hall–Kier alpha value is -2.04. The number of aryl methyl sites for hydroxylation is 2. The van der Waals surface area contributed by atoms with Crippen molar-refractivity contribution in [1.82, 2.24) is 14.8 Å². The van der Waals surface area contributed by atoms with E-state index in [1.807, 2.05) is 36.7 Å². The number of hydrogen-bond acceptors (Lipinski definition) is 4. The SMILES string of the molecule is CC(C)Oc1ccc(-c2nc3n(n2)CCCC3)cc1N. The molecule has 2 heterocycles. The van der Waals surface area contributed by atoms with Crippen molar-refractivity contribution >= 4 is 5.69 Å². The molecule has 0 bridgehead atoms. The zero-order chi connectivity index (χ0) is 14.1. The first-order valence-corrected chi connectivity index (χ1v) is 7.14. The normalized spacial score (nSPS) is 14.3. The van der Waals surface area contributed by atoms with Gasteiger partial charge in [-0.25, -0.2) is 9.67 Å². The molecular weight excluding hydrogens is 252 g/mol. The van der Waals surface area contributed by atoms with E-state index < -0.39 is 0 Å². The molecular formula is C15H20N4O. The molecule has 0 aliphatic carbocycles. The summed E-state index contributed by atoms with van der Waals surface area (Å²) in [7, 11) is 0. The van der Waals surface area contributed by atoms with Crippen LogP contribution in [-0.2, 0) is 13.0 Å². The third-order valence-corrected chi connectivity index (χ3v) is 3.40. The molecule has 1 aromatic carbocycles. The molecule has 2 N–H and O–H groups in total. The van der Waals surface area contributed by atoms with Crippen molar-refractivity contribution in [2.24, 2.45) is 0 Å². The Morgan fingerprint density at radius 1 is 1.30 bits per heavy atom. The Morgan fingerprint density at radius 3 is 2.85 bits per heavy atom. The van der Waals surface area contributed by atoms with Crippen molar-refractivity contribution in [1.29, 1.82) is 0 Å². The number of nitrogens with zero attached hydrogens (tertiary/aromatic N) is 3. The summed E-state index contributed by atoms with van der Waals surface area (Å²) in [5.41, 5.74) is 7.62. The Labute approximate surface area is 118 Å². The van der Waals surface area contributed by atoms with Crippen LogP contribution in [0.3, 0.4) is 0 Å². The van der Waals surface area contributed by atoms with E-state index in [2.05, 4.69) is 10.1 Å². The highest BCUT2D eigenvalue weighted by Gasteiger charge is 2.15. The second-order valence-electron chi connectivity index (χ2n) is 5.45. The first-order chi connectivity index (χ1) is 9.63. The molecule has 1 aromatic heterocycles. The van der Waals surface area contributed by atoms with Gasteiger partial charge in [0.25, 0.3) is 0 Å². The highest BCUT2D eigenvalue weighted by molar-refractivity contribution is 5.66. The fourth-order valence-electron chi connectivity index (χ4n) is 2.45. The van der Waals surface area contributed by atoms with Gasteiger partial charge in [0.2, 0.25) is 0 Å². The number of benzene rings is 1. The first kappa shape index (κ1) is 13.0. The van der Waals surface area contributed by atoms with Crippen LogP contribution in [0.5, 0.6) is 5.75 Å². The Morgan fingerprint density at radius 2 is 2.15 bits per heavy atom. The highest BCUT2D eigenvalue weighted by atomic mass is 16.5. The smallest absolute Gasteiger partial charge is 0.181 e. The van der Waals surface area contributed by atoms with Crippen LogP contribution in [0.4, 0.5) is 5.69 Å². The van der Waals surface area contributed by atoms with Gasteiger partial charge < -0.3 is 10.5 Å². The van der Waals surface area contributed by atoms with E-state index in [0.717, 1.165) is 30.2 Å². The summed E-state index contributed by atoms with van der Waals surface area (Å²) < 4.78 is 7.65. The number of hydrogen-bond donors (Lipinski definition) is 1. The number of anilines is 1. The maximum Gasteiger partial charge on any atom is 0.181 e. The number of nitrogens with two attached hydrogens (primary N) is 1. The zero-order valence-corrected chi connectivity index (χ0v) is 12.0. The van der Waals surface area contributed by atoms with Gasteiger partial charge in [0.15, 0.2) is 5.82 Å². The lowest BCUT2D eigenvalue weighted by molar-refractivity contribution is 0.244. The number of ether oxygens (including phenoxy) is 1. The predicted molar refractivity (Wildman–Crippen MR) is 78.6 cm³/mol. The second kappa shape index (κ2) is 5.15. The van der Waals surface area contributed by atoms with E-state index in [4.69, 9.17) is 10.5 Å². The van der Waals surface area contributed by atoms with Gasteiger partial charge in [-0.15, -0.1) is 0 Å². The van der Waals surface area contributed by atoms with Crippen LogP contribution in [0.25, 0.3) is 11.4 Å². The summed E-state index contributed by atoms with van der Waals surface area (Å²) in [6.07, 6.45) is 3.50. The van der Waals surface area contributed by atoms with Gasteiger partial charge in [0, 0.05) is 18.5 Å². The average Bonchev–Trinajstić information content (AvgIpc) is 2.84. The van der Waals surface area contributed by atoms with Crippen LogP contribution < -0.4 is 10.5 Å². The summed E-state index contributed by atoms with van der Waals surface area (Å²) in [5.74, 6) is 2.55. The van der Waals surface area contributed by atoms with Crippen molar-refractivity contribution in [3.63, 3.8) is 0 Å². The third kappa shape index (κ3) is 2.48. The van der Waals surface area contributed by atoms with E-state index in [0.29, 0.717) is 11.4 Å². The minimum absolute atomic E-state index is 0.112. The lowest BCUT2D eigenvalue weighted by Gasteiger charge is -2.12. The summed E-state index contributed by atoms with van der Waals surface area (Å²) in [6.45, 7) is 4.93. The minimum atomic E-state index is 0.112. The Kier molecular flexibility index (Phi) is 3.34. The molecule has 1 aliphatic rings. The van der Waals surface area contributed by atoms with Gasteiger partial charge in [-0.1, -0.05) is 0 Å². The first-order valence-electron chi connectivity index (χ1n) is 7.14. The largest absolute Gasteiger partial charge is 0.489 e. The molecule has 0 spiro atoms. The topological polar surface area (TPSA) is 66.0 Å². The van der Waals surface area contributed by atoms with Crippen molar-refractivity contribution in [2.45, 2.75) is 45.8 Å². The molecule has 20 heavy (non-hydrogen) atoms. The van der Waals surface area contributed by atoms with E-state index in [9.17, 15) is 0 Å². The van der Waals surface area contributed by atoms with E-state index in [1.165, 1.54) is 12.8 Å². The molecule has 0 atom stereocenters. The van der Waals surface area contributed by atoms with E-state index >= 15 is 0 Å². The fourth-order valence-corrected chi connectivity index (χ4v) is 2.45. The van der Waals surface area contributed by atoms with Crippen LogP contribution in [0.2, 0.25) is 0 Å². The van der Waals surface area contributed by atoms with E-state index in [1.54, 1.807) is 0 Å². The molecule has 5 nitrogen and oxygen atoms in total. The van der Waals surface area contributed by atoms with Gasteiger partial charge in [0.1, 0.15) is 11.6 Å². The predicted octanol–water partition coefficient (Wildman–Crippen LogP) is 2.65. The molecule has 3 rings (SSSR count). The number of nitrogen functional groups attached to an aromatic ring is 1. The average molecular weight is 272 g/mol. The van der Waals surface area contributed by atoms with Crippen LogP contribution in [0.1, 0.15) is 32.5 Å². The molecule has 0 saturated heterocycles. The molecule has 5 heteroatoms. The standard InChI is InChI=1S/C15H20N4O/c1-10(2)20-13-7-6-11(9-12(13)16)15-17-14-5-3-4-8-19(14)18-15/h6-7,9-10H,3-5,8,16H2,1-2H3. The summed E-state index contributed by atoms with van der Waals surface area (Å²) in [4.78, 5) is 4.61. The monoisotopic (exact) mass is 272 g/mol. The van der Waals surface area contributed by atoms with Gasteiger partial charge in [-0.2, -0.15) is 5.10 Å². The minimum Gasteiger partial charge on any atom is -0.489 e. The number of fused-ring (bicyclic) bond motifs is 1. The van der Waals surface area contributed by atoms with E-state index in [-0.39, 0.29) is 6.10 Å². The molecule has 0 fully saturated rings. The van der Waals surface area contributed by atoms with Crippen LogP contribution >= 0.6 is 0 Å². The summed E-state index contributed by atoms with van der Waals surface area (Å²) in [6, 6.07) is 5.75. The van der Waals surface area contributed by atoms with Gasteiger partial charge in [0.05, 0.1) is 11.8 Å². The molecule has 1 aliphatic heterocycles. The van der Waals surface area contributed by atoms with Gasteiger partial charge in [-0.05, 0) is 44.9 Å². The summed E-state index contributed by atoms with van der Waals surface area (Å²) in [5, 5.41) is 4.56. The van der Waals surface area contributed by atoms with Crippen molar-refractivity contribution < 1.29 is 4.74 Å². The van der Waals surface area contributed by atoms with Crippen LogP contribution in [-0.4, -0.2) is 20.9 Å². The highest BCUT2D eigenvalue weighted by Crippen LogP contribution is 2.28. The second-order valence-corrected chi connectivity index (χ2v) is 5.45. The number of rotatable bonds is 3. The molecule has 0 radical (unpaired) electrons. The van der Waals surface area contributed by atoms with Crippen molar-refractivity contribution in [3.8, 4) is 17.1 Å². The lowest BCUT2D eigenvalue weighted by atomic mass is 10.1. The van der Waals surface area contributed by atoms with Gasteiger partial charge >= 0.3 is 0 Å². The molecule has 0 amide bonds. The summed E-state index contributed by atoms with van der Waals surface area (Å²) >= 11 is 0. The molecule has 0 unspecified atom stereocenters. The molecule has 2 aromatic rings. The third-order valence-electron chi connectivity index (χ3n) is 3.40. The van der Waals surface area contributed by atoms with Crippen LogP contribution in [0, 0.1) is 0 Å². The zero-order valence-electron chi connectivity index (χ0n) is 12.0. The Bertz CT molecular complexity index is 595. The number of aromatic nitrogens is 3. The maximum absolute atomic E-state index is 6.04. The van der Waals surface area contributed by atoms with Crippen LogP contribution in [0.15, 0.2) is 18.2 Å².